The average molecular weight is 252 g/mol. The fourth-order valence-corrected chi connectivity index (χ4v) is 2.26. The molecule has 0 saturated carbocycles. The molecule has 0 bridgehead atoms. The number of hydrogen-bond acceptors (Lipinski definition) is 3. The maximum Gasteiger partial charge on any atom is 0.117 e. The molecule has 104 valence electrons. The van der Waals surface area contributed by atoms with Gasteiger partial charge in [-0.1, -0.05) is 20.8 Å². The van der Waals surface area contributed by atoms with Crippen molar-refractivity contribution in [2.75, 3.05) is 13.1 Å². The molecule has 3 nitrogen and oxygen atoms in total. The maximum atomic E-state index is 6.03. The van der Waals surface area contributed by atoms with Gasteiger partial charge in [-0.05, 0) is 44.4 Å². The van der Waals surface area contributed by atoms with Crippen LogP contribution < -0.4 is 5.73 Å². The van der Waals surface area contributed by atoms with Gasteiger partial charge in [-0.15, -0.1) is 0 Å². The van der Waals surface area contributed by atoms with E-state index in [1.54, 1.807) is 6.26 Å². The van der Waals surface area contributed by atoms with Crippen molar-refractivity contribution in [3.63, 3.8) is 0 Å². The first-order valence-corrected chi connectivity index (χ1v) is 6.99. The van der Waals surface area contributed by atoms with Crippen LogP contribution in [-0.4, -0.2) is 23.5 Å². The SMILES string of the molecule is CCN(Cc1ccco1)C(C)(CN)CCC(C)C. The van der Waals surface area contributed by atoms with Crippen molar-refractivity contribution in [2.45, 2.75) is 52.6 Å². The van der Waals surface area contributed by atoms with E-state index in [1.807, 2.05) is 12.1 Å². The second-order valence-electron chi connectivity index (χ2n) is 5.73. The zero-order valence-corrected chi connectivity index (χ0v) is 12.3. The predicted molar refractivity (Wildman–Crippen MR) is 76.3 cm³/mol. The van der Waals surface area contributed by atoms with Crippen LogP contribution in [0.1, 0.15) is 46.3 Å². The Morgan fingerprint density at radius 2 is 2.17 bits per heavy atom. The number of nitrogens with zero attached hydrogens (tertiary/aromatic N) is 1. The van der Waals surface area contributed by atoms with E-state index in [9.17, 15) is 0 Å². The van der Waals surface area contributed by atoms with Crippen molar-refractivity contribution < 1.29 is 4.42 Å². The summed E-state index contributed by atoms with van der Waals surface area (Å²) in [4.78, 5) is 2.42. The Morgan fingerprint density at radius 3 is 2.61 bits per heavy atom. The molecule has 0 aliphatic heterocycles. The standard InChI is InChI=1S/C15H28N2O/c1-5-17(11-14-7-6-10-18-14)15(4,12-16)9-8-13(2)3/h6-7,10,13H,5,8-9,11-12,16H2,1-4H3. The van der Waals surface area contributed by atoms with Gasteiger partial charge in [-0.2, -0.15) is 0 Å². The minimum atomic E-state index is 0.0613. The highest BCUT2D eigenvalue weighted by Gasteiger charge is 2.29. The molecule has 0 radical (unpaired) electrons. The van der Waals surface area contributed by atoms with Crippen LogP contribution in [0.4, 0.5) is 0 Å². The maximum absolute atomic E-state index is 6.03. The zero-order chi connectivity index (χ0) is 13.6. The monoisotopic (exact) mass is 252 g/mol. The predicted octanol–water partition coefficient (Wildman–Crippen LogP) is 3.26. The van der Waals surface area contributed by atoms with E-state index in [4.69, 9.17) is 10.2 Å². The highest BCUT2D eigenvalue weighted by molar-refractivity contribution is 5.00. The van der Waals surface area contributed by atoms with Crippen molar-refractivity contribution in [2.24, 2.45) is 11.7 Å². The summed E-state index contributed by atoms with van der Waals surface area (Å²) in [7, 11) is 0. The number of hydrogen-bond donors (Lipinski definition) is 1. The quantitative estimate of drug-likeness (QED) is 0.772. The normalized spacial score (nSPS) is 15.3. The molecule has 0 spiro atoms. The van der Waals surface area contributed by atoms with Gasteiger partial charge in [-0.25, -0.2) is 0 Å². The molecule has 0 aliphatic rings. The minimum absolute atomic E-state index is 0.0613. The van der Waals surface area contributed by atoms with Gasteiger partial charge >= 0.3 is 0 Å². The van der Waals surface area contributed by atoms with Crippen LogP contribution in [-0.2, 0) is 6.54 Å². The molecule has 1 aromatic heterocycles. The third kappa shape index (κ3) is 4.14. The van der Waals surface area contributed by atoms with Gasteiger partial charge in [0.2, 0.25) is 0 Å². The highest BCUT2D eigenvalue weighted by atomic mass is 16.3. The van der Waals surface area contributed by atoms with Gasteiger partial charge in [0.1, 0.15) is 5.76 Å². The van der Waals surface area contributed by atoms with Gasteiger partial charge < -0.3 is 10.2 Å². The second kappa shape index (κ2) is 6.95. The Hall–Kier alpha value is -0.800. The number of nitrogens with two attached hydrogens (primary N) is 1. The van der Waals surface area contributed by atoms with Crippen LogP contribution >= 0.6 is 0 Å². The van der Waals surface area contributed by atoms with Crippen LogP contribution in [0.5, 0.6) is 0 Å². The van der Waals surface area contributed by atoms with Crippen LogP contribution in [0.2, 0.25) is 0 Å². The van der Waals surface area contributed by atoms with Crippen molar-refractivity contribution in [3.05, 3.63) is 24.2 Å². The third-order valence-electron chi connectivity index (χ3n) is 3.77. The third-order valence-corrected chi connectivity index (χ3v) is 3.77. The topological polar surface area (TPSA) is 42.4 Å². The summed E-state index contributed by atoms with van der Waals surface area (Å²) in [5.74, 6) is 1.74. The lowest BCUT2D eigenvalue weighted by Gasteiger charge is -2.40. The van der Waals surface area contributed by atoms with Gasteiger partial charge in [-0.3, -0.25) is 4.90 Å². The molecule has 0 saturated heterocycles. The molecule has 2 N–H and O–H groups in total. The highest BCUT2D eigenvalue weighted by Crippen LogP contribution is 2.24. The Morgan fingerprint density at radius 1 is 1.44 bits per heavy atom. The van der Waals surface area contributed by atoms with Gasteiger partial charge in [0.15, 0.2) is 0 Å². The molecular formula is C15H28N2O. The molecule has 3 heteroatoms. The summed E-state index contributed by atoms with van der Waals surface area (Å²) >= 11 is 0. The van der Waals surface area contributed by atoms with Crippen LogP contribution in [0.25, 0.3) is 0 Å². The van der Waals surface area contributed by atoms with E-state index < -0.39 is 0 Å². The molecule has 1 rings (SSSR count). The Labute approximate surface area is 111 Å². The summed E-state index contributed by atoms with van der Waals surface area (Å²) in [5, 5.41) is 0. The lowest BCUT2D eigenvalue weighted by atomic mass is 9.90. The molecule has 0 aromatic carbocycles. The summed E-state index contributed by atoms with van der Waals surface area (Å²) < 4.78 is 5.45. The van der Waals surface area contributed by atoms with Gasteiger partial charge in [0.05, 0.1) is 12.8 Å². The smallest absolute Gasteiger partial charge is 0.117 e. The van der Waals surface area contributed by atoms with Gasteiger partial charge in [0, 0.05) is 12.1 Å². The molecular weight excluding hydrogens is 224 g/mol. The first-order valence-electron chi connectivity index (χ1n) is 6.99. The summed E-state index contributed by atoms with van der Waals surface area (Å²) in [6.07, 6.45) is 4.08. The molecule has 1 atom stereocenters. The zero-order valence-electron chi connectivity index (χ0n) is 12.3. The van der Waals surface area contributed by atoms with E-state index in [-0.39, 0.29) is 5.54 Å². The van der Waals surface area contributed by atoms with Crippen LogP contribution in [0, 0.1) is 5.92 Å². The molecule has 0 amide bonds. The van der Waals surface area contributed by atoms with Crippen molar-refractivity contribution in [1.29, 1.82) is 0 Å². The van der Waals surface area contributed by atoms with Crippen LogP contribution in [0.15, 0.2) is 22.8 Å². The van der Waals surface area contributed by atoms with Crippen molar-refractivity contribution >= 4 is 0 Å². The summed E-state index contributed by atoms with van der Waals surface area (Å²) in [6.45, 7) is 11.5. The fraction of sp³-hybridized carbons (Fsp3) is 0.733. The number of furan rings is 1. The average Bonchev–Trinajstić information content (AvgIpc) is 2.86. The van der Waals surface area contributed by atoms with E-state index >= 15 is 0 Å². The molecule has 1 heterocycles. The summed E-state index contributed by atoms with van der Waals surface area (Å²) in [6, 6.07) is 3.97. The first-order chi connectivity index (χ1) is 8.51. The van der Waals surface area contributed by atoms with E-state index in [0.717, 1.165) is 31.2 Å². The van der Waals surface area contributed by atoms with Gasteiger partial charge in [0.25, 0.3) is 0 Å². The molecule has 1 aromatic rings. The molecule has 0 aliphatic carbocycles. The molecule has 1 unspecified atom stereocenters. The summed E-state index contributed by atoms with van der Waals surface area (Å²) in [5.41, 5.74) is 6.09. The van der Waals surface area contributed by atoms with Crippen molar-refractivity contribution in [1.82, 2.24) is 4.90 Å². The second-order valence-corrected chi connectivity index (χ2v) is 5.73. The van der Waals surface area contributed by atoms with Crippen LogP contribution in [0.3, 0.4) is 0 Å². The number of rotatable bonds is 8. The molecule has 0 fully saturated rings. The Bertz CT molecular complexity index is 321. The lowest BCUT2D eigenvalue weighted by molar-refractivity contribution is 0.0859. The van der Waals surface area contributed by atoms with E-state index in [1.165, 1.54) is 6.42 Å². The fourth-order valence-electron chi connectivity index (χ4n) is 2.26. The van der Waals surface area contributed by atoms with Crippen molar-refractivity contribution in [3.8, 4) is 0 Å². The lowest BCUT2D eigenvalue weighted by Crippen LogP contribution is -2.51. The van der Waals surface area contributed by atoms with E-state index in [2.05, 4.69) is 32.6 Å². The van der Waals surface area contributed by atoms with E-state index in [0.29, 0.717) is 6.54 Å². The minimum Gasteiger partial charge on any atom is -0.468 e. The molecule has 18 heavy (non-hydrogen) atoms. The Kier molecular flexibility index (Phi) is 5.89. The first kappa shape index (κ1) is 15.3. The number of likely N-dealkylation sites (N-methyl/N-ethyl adjacent to an activating group) is 1. The Balaban J connectivity index is 2.69. The largest absolute Gasteiger partial charge is 0.468 e.